The van der Waals surface area contributed by atoms with E-state index in [1.165, 1.54) is 87.6 Å². The van der Waals surface area contributed by atoms with Gasteiger partial charge < -0.3 is 9.80 Å². The average Bonchev–Trinajstić information content (AvgIpc) is 3.06. The summed E-state index contributed by atoms with van der Waals surface area (Å²) in [6.45, 7) is 34.9. The molecule has 5 heteroatoms. The molecule has 0 atom stereocenters. The van der Waals surface area contributed by atoms with E-state index in [9.17, 15) is 0 Å². The van der Waals surface area contributed by atoms with Crippen molar-refractivity contribution in [3.05, 3.63) is 113 Å². The molecule has 0 bridgehead atoms. The second-order valence-corrected chi connectivity index (χ2v) is 26.6. The number of rotatable bonds is 2. The molecule has 0 saturated heterocycles. The molecule has 0 amide bonds. The first-order valence-corrected chi connectivity index (χ1v) is 23.6. The minimum atomic E-state index is -2.56. The first-order chi connectivity index (χ1) is 25.3. The van der Waals surface area contributed by atoms with Crippen LogP contribution in [-0.2, 0) is 38.9 Å². The molecule has 0 fully saturated rings. The first-order valence-electron chi connectivity index (χ1n) is 20.0. The van der Waals surface area contributed by atoms with Crippen LogP contribution in [0.15, 0.2) is 94.7 Å². The summed E-state index contributed by atoms with van der Waals surface area (Å²) in [6, 6.07) is 31.1. The topological polar surface area (TPSA) is 6.48 Å². The van der Waals surface area contributed by atoms with E-state index in [0.29, 0.717) is 0 Å². The molecule has 0 aromatic heterocycles. The Balaban J connectivity index is 1.55. The third-order valence-electron chi connectivity index (χ3n) is 11.9. The van der Waals surface area contributed by atoms with Crippen molar-refractivity contribution >= 4 is 79.6 Å². The predicted octanol–water partition coefficient (Wildman–Crippen LogP) is 14.0. The third-order valence-corrected chi connectivity index (χ3v) is 18.2. The molecule has 5 aromatic carbocycles. The lowest BCUT2D eigenvalue weighted by molar-refractivity contribution is 0.588. The highest BCUT2D eigenvalue weighted by Gasteiger charge is 2.51. The lowest BCUT2D eigenvalue weighted by atomic mass is 9.84. The number of anilines is 6. The Hall–Kier alpha value is -3.30. The summed E-state index contributed by atoms with van der Waals surface area (Å²) < 4.78 is 0. The largest absolute Gasteiger partial charge is 0.309 e. The van der Waals surface area contributed by atoms with Crippen LogP contribution in [0.25, 0.3) is 0 Å². The third kappa shape index (κ3) is 6.07. The first kappa shape index (κ1) is 38.6. The zero-order valence-electron chi connectivity index (χ0n) is 35.7. The molecule has 0 saturated carbocycles. The Kier molecular flexibility index (Phi) is 8.49. The molecule has 3 heterocycles. The fourth-order valence-corrected chi connectivity index (χ4v) is 15.9. The van der Waals surface area contributed by atoms with Crippen molar-refractivity contribution in [2.45, 2.75) is 141 Å². The van der Waals surface area contributed by atoms with E-state index in [2.05, 4.69) is 199 Å². The fraction of sp³-hybridized carbons (Fsp3) is 0.400. The van der Waals surface area contributed by atoms with E-state index in [1.807, 2.05) is 11.8 Å². The molecule has 0 spiro atoms. The molecule has 2 nitrogen and oxygen atoms in total. The van der Waals surface area contributed by atoms with Crippen LogP contribution < -0.4 is 25.7 Å². The van der Waals surface area contributed by atoms with Crippen molar-refractivity contribution in [3.8, 4) is 0 Å². The van der Waals surface area contributed by atoms with E-state index in [1.54, 1.807) is 0 Å². The second-order valence-electron chi connectivity index (χ2n) is 21.3. The van der Waals surface area contributed by atoms with Gasteiger partial charge >= 0.3 is 0 Å². The molecule has 3 aliphatic rings. The van der Waals surface area contributed by atoms with Crippen LogP contribution in [0.3, 0.4) is 0 Å². The highest BCUT2D eigenvalue weighted by Crippen LogP contribution is 2.67. The van der Waals surface area contributed by atoms with Crippen LogP contribution in [0.2, 0.25) is 0 Å². The Morgan fingerprint density at radius 3 is 0.945 bits per heavy atom. The number of hydrogen-bond acceptors (Lipinski definition) is 4. The Morgan fingerprint density at radius 2 is 0.655 bits per heavy atom. The molecule has 0 N–H and O–H groups in total. The van der Waals surface area contributed by atoms with Gasteiger partial charge in [-0.25, -0.2) is 0 Å². The maximum Gasteiger partial charge on any atom is 0.0576 e. The van der Waals surface area contributed by atoms with Crippen molar-refractivity contribution in [3.63, 3.8) is 0 Å². The smallest absolute Gasteiger partial charge is 0.0576 e. The van der Waals surface area contributed by atoms with Crippen molar-refractivity contribution in [2.75, 3.05) is 9.80 Å². The molecule has 3 aliphatic heterocycles. The van der Waals surface area contributed by atoms with Gasteiger partial charge in [0.15, 0.2) is 0 Å². The Morgan fingerprint density at radius 1 is 0.382 bits per heavy atom. The van der Waals surface area contributed by atoms with Crippen molar-refractivity contribution in [1.82, 2.24) is 0 Å². The van der Waals surface area contributed by atoms with Crippen LogP contribution in [0.5, 0.6) is 0 Å². The molecular formula is C50H59N2PS2. The normalized spacial score (nSPS) is 16.0. The predicted molar refractivity (Wildman–Crippen MR) is 247 cm³/mol. The van der Waals surface area contributed by atoms with E-state index in [0.717, 1.165) is 0 Å². The van der Waals surface area contributed by atoms with Gasteiger partial charge in [0.05, 0.1) is 22.7 Å². The highest BCUT2D eigenvalue weighted by atomic mass is 32.4. The Bertz CT molecular complexity index is 2280. The number of nitrogens with zero attached hydrogens (tertiary/aromatic N) is 2. The lowest BCUT2D eigenvalue weighted by Crippen LogP contribution is -2.46. The highest BCUT2D eigenvalue weighted by molar-refractivity contribution is 8.27. The molecule has 55 heavy (non-hydrogen) atoms. The van der Waals surface area contributed by atoms with E-state index < -0.39 is 6.04 Å². The van der Waals surface area contributed by atoms with Gasteiger partial charge in [-0.15, -0.1) is 0 Å². The summed E-state index contributed by atoms with van der Waals surface area (Å²) in [6.07, 6.45) is 0. The monoisotopic (exact) mass is 782 g/mol. The van der Waals surface area contributed by atoms with Gasteiger partial charge in [0, 0.05) is 43.1 Å². The van der Waals surface area contributed by atoms with Gasteiger partial charge in [-0.2, -0.15) is 0 Å². The van der Waals surface area contributed by atoms with Gasteiger partial charge in [-0.3, -0.25) is 0 Å². The maximum absolute atomic E-state index is 7.49. The second kappa shape index (κ2) is 12.1. The van der Waals surface area contributed by atoms with E-state index in [4.69, 9.17) is 11.8 Å². The van der Waals surface area contributed by atoms with Gasteiger partial charge in [0.1, 0.15) is 0 Å². The van der Waals surface area contributed by atoms with Crippen LogP contribution in [0.1, 0.15) is 132 Å². The summed E-state index contributed by atoms with van der Waals surface area (Å²) in [5, 5.41) is 4.04. The molecule has 286 valence electrons. The quantitative estimate of drug-likeness (QED) is 0.161. The fourth-order valence-electron chi connectivity index (χ4n) is 8.37. The van der Waals surface area contributed by atoms with Crippen molar-refractivity contribution in [1.29, 1.82) is 0 Å². The summed E-state index contributed by atoms with van der Waals surface area (Å²) in [5.74, 6) is 0. The zero-order valence-corrected chi connectivity index (χ0v) is 38.3. The molecule has 0 aliphatic carbocycles. The van der Waals surface area contributed by atoms with E-state index >= 15 is 0 Å². The molecule has 8 rings (SSSR count). The maximum atomic E-state index is 7.49. The summed E-state index contributed by atoms with van der Waals surface area (Å²) >= 11 is 9.43. The van der Waals surface area contributed by atoms with Gasteiger partial charge in [-0.05, 0) is 116 Å². The molecule has 0 radical (unpaired) electrons. The minimum absolute atomic E-state index is 0.0408. The van der Waals surface area contributed by atoms with E-state index in [-0.39, 0.29) is 27.1 Å². The minimum Gasteiger partial charge on any atom is -0.309 e. The number of hydrogen-bond donors (Lipinski definition) is 0. The van der Waals surface area contributed by atoms with Crippen molar-refractivity contribution in [2.24, 2.45) is 0 Å². The van der Waals surface area contributed by atoms with Gasteiger partial charge in [-0.1, -0.05) is 152 Å². The summed E-state index contributed by atoms with van der Waals surface area (Å²) in [4.78, 5) is 7.82. The summed E-state index contributed by atoms with van der Waals surface area (Å²) in [5.41, 5.74) is 14.0. The Labute approximate surface area is 341 Å². The van der Waals surface area contributed by atoms with Crippen molar-refractivity contribution < 1.29 is 0 Å². The molecule has 0 unspecified atom stereocenters. The van der Waals surface area contributed by atoms with Crippen LogP contribution in [0, 0.1) is 0 Å². The molecular weight excluding hydrogens is 724 g/mol. The van der Waals surface area contributed by atoms with Crippen LogP contribution in [0.4, 0.5) is 34.1 Å². The van der Waals surface area contributed by atoms with Crippen LogP contribution >= 0.6 is 17.8 Å². The standard InChI is InChI=1S/C50H59N2PS2/c1-46(2,3)30-16-20-35(21-17-30)51-37-24-32(48(7,8)9)25-38-43(37)53(54)44-39(51)26-33(49(10,11)12)28-41(44)55-42-29-34(50(13,14)15)27-40(45(42)53)52(38)36-22-18-31(19-23-36)47(4,5)6/h16-29H,1-15H3. The lowest BCUT2D eigenvalue weighted by Gasteiger charge is -2.50. The van der Waals surface area contributed by atoms with Crippen LogP contribution in [-0.4, -0.2) is 0 Å². The molecule has 5 aromatic rings. The SMILES string of the molecule is CC(C)(C)c1ccc(N2c3cc(C(C)(C)C)cc4c3P3(=S)c5c(cc(C(C)(C)C)cc5N(c5ccc(C(C)(C)C)cc5)c5cc(C(C)(C)C)cc2c53)S4)cc1. The number of benzene rings is 5. The average molecular weight is 783 g/mol. The zero-order chi connectivity index (χ0) is 40.0. The van der Waals surface area contributed by atoms with Gasteiger partial charge in [0.25, 0.3) is 0 Å². The van der Waals surface area contributed by atoms with Gasteiger partial charge in [0.2, 0.25) is 0 Å². The summed E-state index contributed by atoms with van der Waals surface area (Å²) in [7, 11) is 0.